The van der Waals surface area contributed by atoms with Crippen LogP contribution in [0.1, 0.15) is 440 Å². The normalized spacial score (nSPS) is 13.9. The van der Waals surface area contributed by atoms with E-state index >= 15 is 0 Å². The molecule has 0 radical (unpaired) electrons. The number of unbranched alkanes of at least 4 members (excludes halogenated alkanes) is 52. The summed E-state index contributed by atoms with van der Waals surface area (Å²) < 4.78 is 68.8. The Labute approximate surface area is 626 Å². The van der Waals surface area contributed by atoms with Gasteiger partial charge in [-0.25, -0.2) is 9.13 Å². The average molecular weight is 1490 g/mol. The molecule has 0 amide bonds. The van der Waals surface area contributed by atoms with Crippen LogP contribution in [0.5, 0.6) is 0 Å². The van der Waals surface area contributed by atoms with Crippen LogP contribution in [0.15, 0.2) is 0 Å². The van der Waals surface area contributed by atoms with Gasteiger partial charge in [-0.05, 0) is 37.5 Å². The number of carbonyl (C=O) groups is 4. The molecule has 0 aromatic rings. The maximum absolute atomic E-state index is 13.1. The zero-order valence-electron chi connectivity index (χ0n) is 66.9. The minimum absolute atomic E-state index is 0.107. The van der Waals surface area contributed by atoms with Gasteiger partial charge in [0.15, 0.2) is 12.2 Å². The molecule has 0 heterocycles. The molecular formula is C83H162O17P2. The molecule has 606 valence electrons. The number of phosphoric acid groups is 2. The summed E-state index contributed by atoms with van der Waals surface area (Å²) in [5.41, 5.74) is 0. The Balaban J connectivity index is 5.21. The molecule has 102 heavy (non-hydrogen) atoms. The van der Waals surface area contributed by atoms with Gasteiger partial charge >= 0.3 is 39.5 Å². The number of aliphatic hydroxyl groups is 1. The van der Waals surface area contributed by atoms with E-state index < -0.39 is 97.5 Å². The van der Waals surface area contributed by atoms with Gasteiger partial charge in [0.25, 0.3) is 0 Å². The van der Waals surface area contributed by atoms with Crippen LogP contribution < -0.4 is 0 Å². The molecule has 0 saturated carbocycles. The molecule has 0 aliphatic rings. The van der Waals surface area contributed by atoms with Crippen molar-refractivity contribution >= 4 is 39.5 Å². The molecule has 2 unspecified atom stereocenters. The SMILES string of the molecule is CCCCCCCCCCCCCCCCCCC(=O)OC[C@H](COP(=O)(O)OC[C@@H](O)COP(=O)(O)OC[C@@H](COC(=O)CCCCCCCCC(C)C)OC(=O)CCCCCCCCCCCCCCCCCC)OC(=O)CCCCCCCCCCCCCCCCCCCCC(C)C. The van der Waals surface area contributed by atoms with Crippen LogP contribution in [-0.4, -0.2) is 96.7 Å². The molecule has 0 fully saturated rings. The average Bonchev–Trinajstić information content (AvgIpc) is 0.913. The van der Waals surface area contributed by atoms with Gasteiger partial charge in [-0.3, -0.25) is 37.3 Å². The van der Waals surface area contributed by atoms with E-state index in [4.69, 9.17) is 37.0 Å². The molecule has 0 aromatic carbocycles. The molecule has 0 spiro atoms. The lowest BCUT2D eigenvalue weighted by molar-refractivity contribution is -0.161. The van der Waals surface area contributed by atoms with E-state index in [1.807, 2.05) is 0 Å². The minimum Gasteiger partial charge on any atom is -0.462 e. The molecule has 0 saturated heterocycles. The van der Waals surface area contributed by atoms with E-state index in [-0.39, 0.29) is 25.7 Å². The molecular weight excluding hydrogens is 1330 g/mol. The Kier molecular flexibility index (Phi) is 73.1. The second-order valence-corrected chi connectivity index (χ2v) is 33.7. The lowest BCUT2D eigenvalue weighted by Gasteiger charge is -2.21. The van der Waals surface area contributed by atoms with Crippen LogP contribution in [0.4, 0.5) is 0 Å². The lowest BCUT2D eigenvalue weighted by Crippen LogP contribution is -2.30. The summed E-state index contributed by atoms with van der Waals surface area (Å²) in [6.45, 7) is 9.61. The summed E-state index contributed by atoms with van der Waals surface area (Å²) in [5, 5.41) is 10.6. The highest BCUT2D eigenvalue weighted by molar-refractivity contribution is 7.47. The van der Waals surface area contributed by atoms with E-state index in [1.165, 1.54) is 250 Å². The minimum atomic E-state index is -4.96. The van der Waals surface area contributed by atoms with Crippen molar-refractivity contribution in [3.63, 3.8) is 0 Å². The Morgan fingerprint density at radius 1 is 0.265 bits per heavy atom. The highest BCUT2D eigenvalue weighted by Gasteiger charge is 2.30. The molecule has 17 nitrogen and oxygen atoms in total. The first-order valence-electron chi connectivity index (χ1n) is 43.0. The first-order valence-corrected chi connectivity index (χ1v) is 46.0. The highest BCUT2D eigenvalue weighted by Crippen LogP contribution is 2.45. The Morgan fingerprint density at radius 2 is 0.451 bits per heavy atom. The predicted octanol–water partition coefficient (Wildman–Crippen LogP) is 25.1. The number of aliphatic hydroxyl groups excluding tert-OH is 1. The second kappa shape index (κ2) is 74.5. The van der Waals surface area contributed by atoms with Gasteiger partial charge < -0.3 is 33.8 Å². The first-order chi connectivity index (χ1) is 49.4. The Bertz CT molecular complexity index is 1960. The van der Waals surface area contributed by atoms with Gasteiger partial charge in [-0.2, -0.15) is 0 Å². The molecule has 19 heteroatoms. The summed E-state index contributed by atoms with van der Waals surface area (Å²) in [6.07, 6.45) is 65.4. The zero-order valence-corrected chi connectivity index (χ0v) is 68.7. The van der Waals surface area contributed by atoms with Crippen molar-refractivity contribution < 1.29 is 80.2 Å². The van der Waals surface area contributed by atoms with Crippen LogP contribution in [0.2, 0.25) is 0 Å². The lowest BCUT2D eigenvalue weighted by atomic mass is 10.0. The summed E-state index contributed by atoms with van der Waals surface area (Å²) in [4.78, 5) is 73.1. The smallest absolute Gasteiger partial charge is 0.462 e. The molecule has 0 aromatic heterocycles. The molecule has 0 aliphatic carbocycles. The summed E-state index contributed by atoms with van der Waals surface area (Å²) in [5.74, 6) is -0.607. The van der Waals surface area contributed by atoms with Crippen LogP contribution in [0.3, 0.4) is 0 Å². The van der Waals surface area contributed by atoms with Gasteiger partial charge in [0.1, 0.15) is 19.3 Å². The first kappa shape index (κ1) is 100. The fourth-order valence-electron chi connectivity index (χ4n) is 12.9. The van der Waals surface area contributed by atoms with E-state index in [2.05, 4.69) is 41.5 Å². The van der Waals surface area contributed by atoms with Crippen molar-refractivity contribution in [2.24, 2.45) is 11.8 Å². The largest absolute Gasteiger partial charge is 0.472 e. The van der Waals surface area contributed by atoms with E-state index in [9.17, 15) is 43.2 Å². The predicted molar refractivity (Wildman–Crippen MR) is 418 cm³/mol. The zero-order chi connectivity index (χ0) is 74.9. The van der Waals surface area contributed by atoms with Crippen molar-refractivity contribution in [2.45, 2.75) is 458 Å². The molecule has 5 atom stereocenters. The van der Waals surface area contributed by atoms with Gasteiger partial charge in [0.2, 0.25) is 0 Å². The van der Waals surface area contributed by atoms with Gasteiger partial charge in [0.05, 0.1) is 26.4 Å². The second-order valence-electron chi connectivity index (χ2n) is 30.8. The summed E-state index contributed by atoms with van der Waals surface area (Å²) in [7, 11) is -9.92. The number of ether oxygens (including phenoxy) is 4. The maximum atomic E-state index is 13.1. The molecule has 0 aliphatic heterocycles. The standard InChI is InChI=1S/C83H162O17P2/c1-7-9-11-13-15-17-19-21-23-30-34-38-42-46-53-59-65-80(85)93-71-78(99-82(87)67-62-56-48-44-40-36-32-28-26-25-27-29-33-37-41-45-51-57-63-75(3)4)73-97-101(89,90)95-69-77(84)70-96-102(91,92)98-74-79(72-94-81(86)66-60-54-50-49-52-58-64-76(5)6)100-83(88)68-61-55-47-43-39-35-31-24-22-20-18-16-14-12-10-8-2/h75-79,84H,7-74H2,1-6H3,(H,89,90)(H,91,92)/t77-,78-,79-/m1/s1. The summed E-state index contributed by atoms with van der Waals surface area (Å²) >= 11 is 0. The number of hydrogen-bond acceptors (Lipinski definition) is 15. The quantitative estimate of drug-likeness (QED) is 0.0222. The number of phosphoric ester groups is 2. The van der Waals surface area contributed by atoms with E-state index in [1.54, 1.807) is 0 Å². The number of esters is 4. The third-order valence-electron chi connectivity index (χ3n) is 19.5. The van der Waals surface area contributed by atoms with Gasteiger partial charge in [-0.15, -0.1) is 0 Å². The Morgan fingerprint density at radius 3 is 0.667 bits per heavy atom. The topological polar surface area (TPSA) is 237 Å². The third-order valence-corrected chi connectivity index (χ3v) is 21.4. The highest BCUT2D eigenvalue weighted by atomic mass is 31.2. The van der Waals surface area contributed by atoms with Crippen molar-refractivity contribution in [3.05, 3.63) is 0 Å². The van der Waals surface area contributed by atoms with Crippen LogP contribution in [0, 0.1) is 11.8 Å². The van der Waals surface area contributed by atoms with Crippen LogP contribution in [-0.2, 0) is 65.4 Å². The maximum Gasteiger partial charge on any atom is 0.472 e. The third kappa shape index (κ3) is 76.3. The van der Waals surface area contributed by atoms with Crippen molar-refractivity contribution in [3.8, 4) is 0 Å². The fourth-order valence-corrected chi connectivity index (χ4v) is 14.5. The van der Waals surface area contributed by atoms with Gasteiger partial charge in [-0.1, -0.05) is 388 Å². The van der Waals surface area contributed by atoms with Crippen LogP contribution in [0.25, 0.3) is 0 Å². The number of carbonyl (C=O) groups excluding carboxylic acids is 4. The molecule has 0 bridgehead atoms. The summed E-state index contributed by atoms with van der Waals surface area (Å²) in [6, 6.07) is 0. The van der Waals surface area contributed by atoms with E-state index in [0.29, 0.717) is 31.6 Å². The van der Waals surface area contributed by atoms with Crippen LogP contribution >= 0.6 is 15.6 Å². The fraction of sp³-hybridized carbons (Fsp3) is 0.952. The number of hydrogen-bond donors (Lipinski definition) is 3. The van der Waals surface area contributed by atoms with E-state index in [0.717, 1.165) is 102 Å². The van der Waals surface area contributed by atoms with Crippen molar-refractivity contribution in [1.82, 2.24) is 0 Å². The molecule has 0 rings (SSSR count). The molecule has 3 N–H and O–H groups in total. The number of rotatable bonds is 82. The van der Waals surface area contributed by atoms with Crippen molar-refractivity contribution in [2.75, 3.05) is 39.6 Å². The van der Waals surface area contributed by atoms with Gasteiger partial charge in [0, 0.05) is 25.7 Å². The monoisotopic (exact) mass is 1490 g/mol. The Hall–Kier alpha value is -1.94. The van der Waals surface area contributed by atoms with Crippen molar-refractivity contribution in [1.29, 1.82) is 0 Å².